The normalized spacial score (nSPS) is 25.9. The van der Waals surface area contributed by atoms with Crippen molar-refractivity contribution in [2.24, 2.45) is 5.92 Å². The van der Waals surface area contributed by atoms with E-state index in [-0.39, 0.29) is 5.60 Å². The van der Waals surface area contributed by atoms with E-state index in [9.17, 15) is 13.2 Å². The molecule has 0 aliphatic carbocycles. The van der Waals surface area contributed by atoms with Crippen molar-refractivity contribution in [3.63, 3.8) is 0 Å². The van der Waals surface area contributed by atoms with Gasteiger partial charge in [0.05, 0.1) is 26.0 Å². The fraction of sp³-hybridized carbons (Fsp3) is 0.667. The van der Waals surface area contributed by atoms with E-state index < -0.39 is 12.1 Å². The van der Waals surface area contributed by atoms with Crippen LogP contribution < -0.4 is 10.6 Å². The molecule has 0 radical (unpaired) electrons. The highest BCUT2D eigenvalue weighted by Crippen LogP contribution is 2.31. The van der Waals surface area contributed by atoms with Crippen molar-refractivity contribution >= 4 is 11.8 Å². The number of anilines is 1. The highest BCUT2D eigenvalue weighted by atomic mass is 19.4. The number of aliphatic carboxylic acids is 1. The third-order valence-corrected chi connectivity index (χ3v) is 3.90. The van der Waals surface area contributed by atoms with Crippen LogP contribution in [0.2, 0.25) is 0 Å². The number of alkyl halides is 3. The van der Waals surface area contributed by atoms with Crippen LogP contribution in [0.15, 0.2) is 18.6 Å². The molecule has 3 heterocycles. The summed E-state index contributed by atoms with van der Waals surface area (Å²) in [6, 6.07) is 0. The Balaban J connectivity index is 0.000000298. The summed E-state index contributed by atoms with van der Waals surface area (Å²) in [6.45, 7) is 4.90. The van der Waals surface area contributed by atoms with Crippen molar-refractivity contribution in [1.29, 1.82) is 0 Å². The van der Waals surface area contributed by atoms with Crippen LogP contribution in [0.4, 0.5) is 19.0 Å². The van der Waals surface area contributed by atoms with Gasteiger partial charge in [-0.2, -0.15) is 13.2 Å². The monoisotopic (exact) mass is 378 g/mol. The van der Waals surface area contributed by atoms with E-state index in [0.717, 1.165) is 45.1 Å². The molecule has 11 heteroatoms. The Kier molecular flexibility index (Phi) is 7.12. The molecule has 2 atom stereocenters. The third kappa shape index (κ3) is 6.39. The Labute approximate surface area is 148 Å². The molecule has 146 valence electrons. The number of halogens is 3. The Morgan fingerprint density at radius 1 is 1.46 bits per heavy atom. The molecular formula is C15H21F3N4O4. The predicted molar refractivity (Wildman–Crippen MR) is 84.7 cm³/mol. The van der Waals surface area contributed by atoms with Crippen molar-refractivity contribution < 1.29 is 32.5 Å². The molecule has 0 amide bonds. The van der Waals surface area contributed by atoms with Gasteiger partial charge in [-0.05, 0) is 6.42 Å². The van der Waals surface area contributed by atoms with Gasteiger partial charge in [0.25, 0.3) is 0 Å². The molecule has 8 nitrogen and oxygen atoms in total. The van der Waals surface area contributed by atoms with Gasteiger partial charge >= 0.3 is 12.1 Å². The van der Waals surface area contributed by atoms with Crippen molar-refractivity contribution in [2.75, 3.05) is 44.8 Å². The summed E-state index contributed by atoms with van der Waals surface area (Å²) < 4.78 is 43.3. The second-order valence-corrected chi connectivity index (χ2v) is 6.07. The van der Waals surface area contributed by atoms with Crippen molar-refractivity contribution in [3.8, 4) is 0 Å². The topological polar surface area (TPSA) is 106 Å². The number of aromatic nitrogens is 2. The van der Waals surface area contributed by atoms with E-state index in [0.29, 0.717) is 12.5 Å². The second-order valence-electron chi connectivity index (χ2n) is 6.07. The number of carbonyl (C=O) groups is 1. The Morgan fingerprint density at radius 3 is 2.88 bits per heavy atom. The van der Waals surface area contributed by atoms with Gasteiger partial charge in [-0.1, -0.05) is 0 Å². The molecule has 0 saturated carbocycles. The van der Waals surface area contributed by atoms with Crippen LogP contribution >= 0.6 is 0 Å². The van der Waals surface area contributed by atoms with E-state index in [1.807, 2.05) is 0 Å². The first-order valence-electron chi connectivity index (χ1n) is 8.03. The van der Waals surface area contributed by atoms with Gasteiger partial charge in [0.1, 0.15) is 11.4 Å². The Hall–Kier alpha value is -1.98. The highest BCUT2D eigenvalue weighted by molar-refractivity contribution is 5.73. The molecule has 2 aliphatic heterocycles. The number of nitrogens with one attached hydrogen (secondary N) is 2. The summed E-state index contributed by atoms with van der Waals surface area (Å²) in [6.07, 6.45) is 1.04. The van der Waals surface area contributed by atoms with Crippen molar-refractivity contribution in [2.45, 2.75) is 18.2 Å². The minimum atomic E-state index is -5.08. The maximum Gasteiger partial charge on any atom is 0.490 e. The van der Waals surface area contributed by atoms with Gasteiger partial charge < -0.3 is 25.2 Å². The summed E-state index contributed by atoms with van der Waals surface area (Å²) in [4.78, 5) is 17.1. The molecule has 1 aromatic rings. The first-order chi connectivity index (χ1) is 12.3. The fourth-order valence-corrected chi connectivity index (χ4v) is 2.70. The number of carboxylic acids is 1. The van der Waals surface area contributed by atoms with E-state index in [4.69, 9.17) is 19.4 Å². The molecule has 2 aliphatic rings. The first kappa shape index (κ1) is 20.3. The third-order valence-electron chi connectivity index (χ3n) is 3.90. The van der Waals surface area contributed by atoms with Crippen LogP contribution in [0.3, 0.4) is 0 Å². The summed E-state index contributed by atoms with van der Waals surface area (Å²) in [7, 11) is 0. The summed E-state index contributed by atoms with van der Waals surface area (Å²) in [5.74, 6) is -1.45. The zero-order chi connectivity index (χ0) is 19.0. The van der Waals surface area contributed by atoms with Crippen LogP contribution in [-0.4, -0.2) is 72.3 Å². The zero-order valence-electron chi connectivity index (χ0n) is 14.0. The average Bonchev–Trinajstić information content (AvgIpc) is 2.85. The molecule has 1 spiro atoms. The fourth-order valence-electron chi connectivity index (χ4n) is 2.70. The van der Waals surface area contributed by atoms with Gasteiger partial charge in [-0.25, -0.2) is 9.78 Å². The standard InChI is InChI=1S/C13H20N4O2.C2HF3O2/c1-2-16-12(7-14-1)17-6-11-5-13(19-8-11)9-15-3-4-18-10-13;3-2(4,5)1(6)7/h1-2,7,11,15H,3-6,8-10H2,(H,16,17);(H,6,7). The molecule has 2 fully saturated rings. The minimum Gasteiger partial charge on any atom is -0.475 e. The summed E-state index contributed by atoms with van der Waals surface area (Å²) in [5, 5.41) is 13.8. The molecule has 1 aromatic heterocycles. The largest absolute Gasteiger partial charge is 0.490 e. The van der Waals surface area contributed by atoms with Crippen LogP contribution in [0, 0.1) is 5.92 Å². The molecular weight excluding hydrogens is 357 g/mol. The smallest absolute Gasteiger partial charge is 0.475 e. The molecule has 0 bridgehead atoms. The number of carboxylic acid groups (broad SMARTS) is 1. The van der Waals surface area contributed by atoms with Crippen LogP contribution in [0.5, 0.6) is 0 Å². The quantitative estimate of drug-likeness (QED) is 0.713. The second kappa shape index (κ2) is 9.10. The van der Waals surface area contributed by atoms with E-state index >= 15 is 0 Å². The maximum absolute atomic E-state index is 10.6. The van der Waals surface area contributed by atoms with E-state index in [1.165, 1.54) is 0 Å². The highest BCUT2D eigenvalue weighted by Gasteiger charge is 2.41. The van der Waals surface area contributed by atoms with Gasteiger partial charge in [0, 0.05) is 37.9 Å². The average molecular weight is 378 g/mol. The SMILES string of the molecule is O=C(O)C(F)(F)F.c1cnc(NCC2COC3(CNCCOC3)C2)cn1. The number of rotatable bonds is 3. The maximum atomic E-state index is 10.6. The molecule has 26 heavy (non-hydrogen) atoms. The van der Waals surface area contributed by atoms with E-state index in [2.05, 4.69) is 20.6 Å². The number of hydrogen-bond acceptors (Lipinski definition) is 7. The first-order valence-corrected chi connectivity index (χ1v) is 8.03. The van der Waals surface area contributed by atoms with E-state index in [1.54, 1.807) is 18.6 Å². The lowest BCUT2D eigenvalue weighted by molar-refractivity contribution is -0.192. The lowest BCUT2D eigenvalue weighted by atomic mass is 9.95. The number of ether oxygens (including phenoxy) is 2. The lowest BCUT2D eigenvalue weighted by Gasteiger charge is -2.25. The van der Waals surface area contributed by atoms with Crippen LogP contribution in [0.25, 0.3) is 0 Å². The molecule has 2 saturated heterocycles. The van der Waals surface area contributed by atoms with Crippen molar-refractivity contribution in [1.82, 2.24) is 15.3 Å². The molecule has 2 unspecified atom stereocenters. The van der Waals surface area contributed by atoms with Gasteiger partial charge in [0.2, 0.25) is 0 Å². The van der Waals surface area contributed by atoms with Gasteiger partial charge in [-0.15, -0.1) is 0 Å². The lowest BCUT2D eigenvalue weighted by Crippen LogP contribution is -2.42. The Bertz CT molecular complexity index is 566. The van der Waals surface area contributed by atoms with Crippen molar-refractivity contribution in [3.05, 3.63) is 18.6 Å². The zero-order valence-corrected chi connectivity index (χ0v) is 14.0. The Morgan fingerprint density at radius 2 is 2.23 bits per heavy atom. The van der Waals surface area contributed by atoms with Gasteiger partial charge in [-0.3, -0.25) is 4.98 Å². The van der Waals surface area contributed by atoms with Crippen LogP contribution in [-0.2, 0) is 14.3 Å². The van der Waals surface area contributed by atoms with Crippen LogP contribution in [0.1, 0.15) is 6.42 Å². The minimum absolute atomic E-state index is 0.134. The number of nitrogens with zero attached hydrogens (tertiary/aromatic N) is 2. The predicted octanol–water partition coefficient (Wildman–Crippen LogP) is 0.917. The summed E-state index contributed by atoms with van der Waals surface area (Å²) in [5.41, 5.74) is -0.134. The number of hydrogen-bond donors (Lipinski definition) is 3. The molecule has 0 aromatic carbocycles. The van der Waals surface area contributed by atoms with Gasteiger partial charge in [0.15, 0.2) is 0 Å². The molecule has 3 rings (SSSR count). The molecule has 3 N–H and O–H groups in total. The summed E-state index contributed by atoms with van der Waals surface area (Å²) >= 11 is 0.